The lowest BCUT2D eigenvalue weighted by Gasteiger charge is -2.34. The fraction of sp³-hybridized carbons (Fsp3) is 0.571. The Hall–Kier alpha value is -2.59. The van der Waals surface area contributed by atoms with E-state index >= 15 is 0 Å². The van der Waals surface area contributed by atoms with E-state index in [2.05, 4.69) is 5.10 Å². The van der Waals surface area contributed by atoms with E-state index in [1.54, 1.807) is 13.0 Å². The Bertz CT molecular complexity index is 1320. The molecule has 1 aromatic carbocycles. The third kappa shape index (κ3) is 5.13. The number of carbonyl (C=O) groups excluding carboxylic acids is 2. The fourth-order valence-corrected chi connectivity index (χ4v) is 7.24. The number of Topliss-reactive ketones (excluding diaryl/α,β-unsaturated/α-hetero) is 1. The Balaban J connectivity index is 1.48. The van der Waals surface area contributed by atoms with Crippen LogP contribution in [0.2, 0.25) is 10.0 Å². The molecule has 12 heteroatoms. The Kier molecular flexibility index (Phi) is 7.48. The molecular weight excluding hydrogens is 570 g/mol. The number of carbonyl (C=O) groups is 3. The molecular formula is C28H30Cl2F3N3O4. The highest BCUT2D eigenvalue weighted by molar-refractivity contribution is 6.40. The quantitative estimate of drug-likeness (QED) is 0.343. The number of hydrogen-bond acceptors (Lipinski definition) is 4. The number of nitrogens with zero attached hydrogens (tertiary/aromatic N) is 3. The molecule has 1 atom stereocenters. The molecule has 7 nitrogen and oxygen atoms in total. The Morgan fingerprint density at radius 1 is 1.10 bits per heavy atom. The normalized spacial score (nSPS) is 25.6. The van der Waals surface area contributed by atoms with Crippen LogP contribution in [0.1, 0.15) is 97.2 Å². The molecule has 1 heterocycles. The molecule has 3 aliphatic carbocycles. The molecule has 1 spiro atoms. The number of hydrogen-bond donors (Lipinski definition) is 1. The maximum absolute atomic E-state index is 14.5. The summed E-state index contributed by atoms with van der Waals surface area (Å²) in [5.74, 6) is -2.44. The van der Waals surface area contributed by atoms with Crippen LogP contribution in [0.4, 0.5) is 13.2 Å². The van der Waals surface area contributed by atoms with Gasteiger partial charge in [-0.15, -0.1) is 0 Å². The summed E-state index contributed by atoms with van der Waals surface area (Å²) in [5.41, 5.74) is -2.97. The van der Waals surface area contributed by atoms with Gasteiger partial charge in [0.15, 0.2) is 11.5 Å². The lowest BCUT2D eigenvalue weighted by molar-refractivity contribution is -0.152. The van der Waals surface area contributed by atoms with Gasteiger partial charge in [-0.25, -0.2) is 0 Å². The number of amides is 1. The predicted octanol–water partition coefficient (Wildman–Crippen LogP) is 7.07. The zero-order chi connectivity index (χ0) is 29.0. The van der Waals surface area contributed by atoms with Crippen LogP contribution in [-0.4, -0.2) is 50.0 Å². The summed E-state index contributed by atoms with van der Waals surface area (Å²) in [5, 5.41) is 13.7. The predicted molar refractivity (Wildman–Crippen MR) is 142 cm³/mol. The van der Waals surface area contributed by atoms with Crippen LogP contribution < -0.4 is 0 Å². The van der Waals surface area contributed by atoms with Gasteiger partial charge >= 0.3 is 12.1 Å². The maximum Gasteiger partial charge on any atom is 0.433 e. The summed E-state index contributed by atoms with van der Waals surface area (Å²) in [6.07, 6.45) is 1.02. The molecule has 40 heavy (non-hydrogen) atoms. The summed E-state index contributed by atoms with van der Waals surface area (Å²) in [7, 11) is 0. The number of benzene rings is 1. The maximum atomic E-state index is 14.5. The van der Waals surface area contributed by atoms with Crippen LogP contribution in [-0.2, 0) is 11.0 Å². The van der Waals surface area contributed by atoms with Crippen LogP contribution in [0.5, 0.6) is 0 Å². The second-order valence-electron chi connectivity index (χ2n) is 11.7. The third-order valence-electron chi connectivity index (χ3n) is 9.15. The molecule has 1 amide bonds. The van der Waals surface area contributed by atoms with Gasteiger partial charge in [0.2, 0.25) is 0 Å². The summed E-state index contributed by atoms with van der Waals surface area (Å²) in [6, 6.07) is 3.49. The van der Waals surface area contributed by atoms with Crippen molar-refractivity contribution >= 4 is 40.9 Å². The number of aromatic nitrogens is 2. The van der Waals surface area contributed by atoms with E-state index in [0.717, 1.165) is 36.6 Å². The van der Waals surface area contributed by atoms with E-state index in [-0.39, 0.29) is 52.7 Å². The minimum absolute atomic E-state index is 0.0279. The van der Waals surface area contributed by atoms with Crippen molar-refractivity contribution in [2.24, 2.45) is 10.8 Å². The minimum atomic E-state index is -4.90. The van der Waals surface area contributed by atoms with Crippen molar-refractivity contribution in [3.8, 4) is 0 Å². The molecule has 5 rings (SSSR count). The second-order valence-corrected chi connectivity index (χ2v) is 12.5. The molecule has 1 aromatic heterocycles. The Labute approximate surface area is 239 Å². The van der Waals surface area contributed by atoms with Gasteiger partial charge in [-0.05, 0) is 69.4 Å². The van der Waals surface area contributed by atoms with Crippen molar-refractivity contribution in [1.82, 2.24) is 14.7 Å². The Morgan fingerprint density at radius 2 is 1.70 bits per heavy atom. The van der Waals surface area contributed by atoms with E-state index in [9.17, 15) is 32.7 Å². The van der Waals surface area contributed by atoms with Crippen LogP contribution in [0.3, 0.4) is 0 Å². The first-order chi connectivity index (χ1) is 18.8. The van der Waals surface area contributed by atoms with E-state index in [4.69, 9.17) is 23.2 Å². The number of halogens is 5. The van der Waals surface area contributed by atoms with Crippen molar-refractivity contribution in [3.63, 3.8) is 0 Å². The number of carboxylic acid groups (broad SMARTS) is 1. The van der Waals surface area contributed by atoms with Crippen molar-refractivity contribution in [2.75, 3.05) is 6.54 Å². The number of carboxylic acids is 1. The zero-order valence-electron chi connectivity index (χ0n) is 21.9. The standard InChI is InChI=1S/C28H30Cl2F3N3O4/c1-26(25(39)40)11-7-16(8-12-26)36-23(28(31,32)33)17(14-34-36)24(38)35(21-13-27(21)9-2-3-10-27)15-20(37)22-18(29)5-4-6-19(22)30/h4-6,14,16,21H,2-3,7-13,15H2,1H3,(H,39,40)/t16?,21-,26?/m1/s1. The van der Waals surface area contributed by atoms with E-state index < -0.39 is 53.1 Å². The molecule has 3 fully saturated rings. The van der Waals surface area contributed by atoms with Crippen LogP contribution >= 0.6 is 23.2 Å². The number of ketones is 1. The number of alkyl halides is 3. The van der Waals surface area contributed by atoms with Gasteiger partial charge in [0.1, 0.15) is 0 Å². The van der Waals surface area contributed by atoms with E-state index in [1.165, 1.54) is 17.0 Å². The van der Waals surface area contributed by atoms with Gasteiger partial charge < -0.3 is 10.0 Å². The molecule has 216 valence electrons. The summed E-state index contributed by atoms with van der Waals surface area (Å²) in [6.45, 7) is 1.13. The molecule has 0 bridgehead atoms. The Morgan fingerprint density at radius 3 is 2.25 bits per heavy atom. The number of aliphatic carboxylic acids is 1. The summed E-state index contributed by atoms with van der Waals surface area (Å²) < 4.78 is 44.4. The molecule has 0 unspecified atom stereocenters. The molecule has 0 saturated heterocycles. The van der Waals surface area contributed by atoms with E-state index in [0.29, 0.717) is 6.42 Å². The third-order valence-corrected chi connectivity index (χ3v) is 9.78. The van der Waals surface area contributed by atoms with Gasteiger partial charge in [0.25, 0.3) is 5.91 Å². The first-order valence-electron chi connectivity index (χ1n) is 13.4. The second kappa shape index (κ2) is 10.4. The highest BCUT2D eigenvalue weighted by Crippen LogP contribution is 2.60. The SMILES string of the molecule is CC1(C(=O)O)CCC(n2ncc(C(=O)N(CC(=O)c3c(Cl)cccc3Cl)[C@@H]3CC34CCCC4)c2C(F)(F)F)CC1. The molecule has 3 aliphatic rings. The fourth-order valence-electron chi connectivity index (χ4n) is 6.64. The summed E-state index contributed by atoms with van der Waals surface area (Å²) in [4.78, 5) is 40.2. The largest absolute Gasteiger partial charge is 0.481 e. The molecule has 0 radical (unpaired) electrons. The van der Waals surface area contributed by atoms with Gasteiger partial charge in [-0.2, -0.15) is 18.3 Å². The van der Waals surface area contributed by atoms with Crippen molar-refractivity contribution < 1.29 is 32.7 Å². The lowest BCUT2D eigenvalue weighted by Crippen LogP contribution is -2.40. The van der Waals surface area contributed by atoms with Crippen LogP contribution in [0.25, 0.3) is 0 Å². The van der Waals surface area contributed by atoms with Gasteiger partial charge in [0.05, 0.1) is 45.4 Å². The average molecular weight is 600 g/mol. The molecule has 2 aromatic rings. The van der Waals surface area contributed by atoms with Crippen molar-refractivity contribution in [1.29, 1.82) is 0 Å². The van der Waals surface area contributed by atoms with Gasteiger partial charge in [-0.3, -0.25) is 19.1 Å². The van der Waals surface area contributed by atoms with Crippen molar-refractivity contribution in [3.05, 3.63) is 51.3 Å². The average Bonchev–Trinajstić information content (AvgIpc) is 3.19. The van der Waals surface area contributed by atoms with Crippen LogP contribution in [0, 0.1) is 10.8 Å². The monoisotopic (exact) mass is 599 g/mol. The van der Waals surface area contributed by atoms with E-state index in [1.807, 2.05) is 0 Å². The smallest absolute Gasteiger partial charge is 0.433 e. The van der Waals surface area contributed by atoms with Crippen LogP contribution in [0.15, 0.2) is 24.4 Å². The highest BCUT2D eigenvalue weighted by Gasteiger charge is 2.59. The van der Waals surface area contributed by atoms with Crippen molar-refractivity contribution in [2.45, 2.75) is 83.0 Å². The molecule has 0 aliphatic heterocycles. The topological polar surface area (TPSA) is 92.5 Å². The molecule has 1 N–H and O–H groups in total. The summed E-state index contributed by atoms with van der Waals surface area (Å²) >= 11 is 12.5. The first kappa shape index (κ1) is 28.9. The molecule has 3 saturated carbocycles. The lowest BCUT2D eigenvalue weighted by atomic mass is 9.74. The number of rotatable bonds is 7. The van der Waals surface area contributed by atoms with Gasteiger partial charge in [0, 0.05) is 6.04 Å². The minimum Gasteiger partial charge on any atom is -0.481 e. The zero-order valence-corrected chi connectivity index (χ0v) is 23.5. The highest BCUT2D eigenvalue weighted by atomic mass is 35.5. The van der Waals surface area contributed by atoms with Gasteiger partial charge in [-0.1, -0.05) is 42.1 Å². The first-order valence-corrected chi connectivity index (χ1v) is 14.2.